The molecule has 51 heavy (non-hydrogen) atoms. The number of likely N-dealkylation sites (tertiary alicyclic amines) is 1. The van der Waals surface area contributed by atoms with Gasteiger partial charge in [0.25, 0.3) is 11.2 Å². The minimum atomic E-state index is -0.843. The van der Waals surface area contributed by atoms with Crippen LogP contribution in [0.25, 0.3) is 10.9 Å². The van der Waals surface area contributed by atoms with E-state index in [9.17, 15) is 19.7 Å². The molecule has 6 rings (SSSR count). The fourth-order valence-corrected chi connectivity index (χ4v) is 8.03. The fourth-order valence-electron chi connectivity index (χ4n) is 6.97. The Morgan fingerprint density at radius 2 is 1.82 bits per heavy atom. The molecule has 2 saturated heterocycles. The fraction of sp³-hybridized carbons (Fsp3) is 0.583. The number of nitro benzene ring substituents is 1. The van der Waals surface area contributed by atoms with Crippen LogP contribution in [0.1, 0.15) is 65.1 Å². The predicted octanol–water partition coefficient (Wildman–Crippen LogP) is 6.83. The number of nitrogens with one attached hydrogen (secondary N) is 1. The van der Waals surface area contributed by atoms with Crippen LogP contribution in [0, 0.1) is 33.6 Å². The van der Waals surface area contributed by atoms with Gasteiger partial charge in [0.1, 0.15) is 28.4 Å². The molecule has 2 aliphatic heterocycles. The highest BCUT2D eigenvalue weighted by atomic mass is 32.2. The van der Waals surface area contributed by atoms with Crippen LogP contribution in [0.3, 0.4) is 0 Å². The van der Waals surface area contributed by atoms with Crippen molar-refractivity contribution in [1.82, 2.24) is 14.9 Å². The number of thioether (sulfide) groups is 1. The molecule has 0 atom stereocenters. The number of rotatable bonds is 11. The Hall–Kier alpha value is -3.82. The van der Waals surface area contributed by atoms with Crippen LogP contribution in [-0.2, 0) is 15.2 Å². The molecule has 15 heteroatoms. The van der Waals surface area contributed by atoms with Gasteiger partial charge in [-0.15, -0.1) is 0 Å². The van der Waals surface area contributed by atoms with Crippen molar-refractivity contribution in [2.75, 3.05) is 44.4 Å². The number of benzene rings is 2. The SMILES string of the molecule is CC(C)(C)OC(=O)N(c1ccc([N+](=O)[O-])cc1F)C1CC(CN2CCC(COc3cc(F)c4c(=O)[nH]c(CSC5CCOCC5)nc4c3)CC2)C1. The van der Waals surface area contributed by atoms with E-state index in [-0.39, 0.29) is 34.2 Å². The first kappa shape index (κ1) is 37.0. The number of anilines is 1. The third-order valence-electron chi connectivity index (χ3n) is 9.68. The van der Waals surface area contributed by atoms with Gasteiger partial charge in [-0.05, 0) is 90.3 Å². The molecular formula is C36H45F2N5O7S. The summed E-state index contributed by atoms with van der Waals surface area (Å²) >= 11 is 1.72. The summed E-state index contributed by atoms with van der Waals surface area (Å²) in [6.07, 6.45) is 4.33. The number of carbonyl (C=O) groups excluding carboxylic acids is 1. The Labute approximate surface area is 299 Å². The molecule has 0 radical (unpaired) electrons. The predicted molar refractivity (Wildman–Crippen MR) is 190 cm³/mol. The minimum absolute atomic E-state index is 0.0296. The number of aromatic nitrogens is 2. The zero-order valence-corrected chi connectivity index (χ0v) is 30.0. The van der Waals surface area contributed by atoms with E-state index in [0.29, 0.717) is 47.9 Å². The number of non-ortho nitro benzene ring substituents is 1. The Morgan fingerprint density at radius 1 is 1.10 bits per heavy atom. The van der Waals surface area contributed by atoms with Crippen LogP contribution < -0.4 is 15.2 Å². The summed E-state index contributed by atoms with van der Waals surface area (Å²) in [5.74, 6) is 0.470. The Morgan fingerprint density at radius 3 is 2.49 bits per heavy atom. The summed E-state index contributed by atoms with van der Waals surface area (Å²) in [4.78, 5) is 47.3. The topological polar surface area (TPSA) is 140 Å². The van der Waals surface area contributed by atoms with Crippen molar-refractivity contribution < 1.29 is 32.7 Å². The number of piperidine rings is 1. The Kier molecular flexibility index (Phi) is 11.5. The Bertz CT molecular complexity index is 1780. The first-order chi connectivity index (χ1) is 24.3. The second kappa shape index (κ2) is 15.8. The largest absolute Gasteiger partial charge is 0.493 e. The van der Waals surface area contributed by atoms with Crippen molar-refractivity contribution in [1.29, 1.82) is 0 Å². The van der Waals surface area contributed by atoms with Crippen LogP contribution in [-0.4, -0.2) is 82.2 Å². The molecule has 1 saturated carbocycles. The van der Waals surface area contributed by atoms with E-state index in [4.69, 9.17) is 14.2 Å². The third kappa shape index (κ3) is 9.35. The van der Waals surface area contributed by atoms with E-state index in [1.54, 1.807) is 38.6 Å². The van der Waals surface area contributed by atoms with E-state index in [0.717, 1.165) is 64.6 Å². The summed E-state index contributed by atoms with van der Waals surface area (Å²) < 4.78 is 47.1. The van der Waals surface area contributed by atoms with E-state index < -0.39 is 33.8 Å². The molecule has 3 heterocycles. The highest BCUT2D eigenvalue weighted by molar-refractivity contribution is 7.99. The monoisotopic (exact) mass is 729 g/mol. The smallest absolute Gasteiger partial charge is 0.415 e. The molecule has 1 N–H and O–H groups in total. The van der Waals surface area contributed by atoms with Crippen LogP contribution in [0.5, 0.6) is 5.75 Å². The molecular weight excluding hydrogens is 684 g/mol. The normalized spacial score (nSPS) is 20.6. The first-order valence-corrected chi connectivity index (χ1v) is 18.6. The standard InChI is InChI=1S/C36H45F2N5O7S/c1-36(2,3)50-35(45)42(31-5-4-24(43(46)47)16-28(31)37)25-14-23(15-25)19-41-10-6-22(7-11-41)20-49-26-17-29(38)33-30(18-26)39-32(40-34(33)44)21-51-27-8-12-48-13-9-27/h4-5,16-18,22-23,25,27H,6-15,19-21H2,1-3H3,(H,39,40,44). The number of amides is 1. The third-order valence-corrected chi connectivity index (χ3v) is 11.1. The average molecular weight is 730 g/mol. The number of carbonyl (C=O) groups is 1. The van der Waals surface area contributed by atoms with Gasteiger partial charge in [0.15, 0.2) is 5.82 Å². The van der Waals surface area contributed by atoms with Crippen molar-refractivity contribution in [3.63, 3.8) is 0 Å². The van der Waals surface area contributed by atoms with Gasteiger partial charge in [0, 0.05) is 49.2 Å². The highest BCUT2D eigenvalue weighted by Crippen LogP contribution is 2.38. The lowest BCUT2D eigenvalue weighted by molar-refractivity contribution is -0.385. The summed E-state index contributed by atoms with van der Waals surface area (Å²) in [5.41, 5.74) is -1.42. The first-order valence-electron chi connectivity index (χ1n) is 17.6. The van der Waals surface area contributed by atoms with Gasteiger partial charge in [0.05, 0.1) is 34.6 Å². The minimum Gasteiger partial charge on any atom is -0.493 e. The zero-order valence-electron chi connectivity index (χ0n) is 29.2. The molecule has 276 valence electrons. The number of hydrogen-bond donors (Lipinski definition) is 1. The summed E-state index contributed by atoms with van der Waals surface area (Å²) in [6.45, 7) is 9.65. The number of hydrogen-bond acceptors (Lipinski definition) is 10. The maximum absolute atomic E-state index is 15.0. The quantitative estimate of drug-likeness (QED) is 0.165. The van der Waals surface area contributed by atoms with E-state index in [1.165, 1.54) is 23.1 Å². The van der Waals surface area contributed by atoms with Gasteiger partial charge in [0.2, 0.25) is 0 Å². The summed E-state index contributed by atoms with van der Waals surface area (Å²) in [7, 11) is 0. The summed E-state index contributed by atoms with van der Waals surface area (Å²) in [5, 5.41) is 11.5. The number of aromatic amines is 1. The van der Waals surface area contributed by atoms with Crippen molar-refractivity contribution in [3.05, 3.63) is 68.3 Å². The number of H-pyrrole nitrogens is 1. The van der Waals surface area contributed by atoms with Crippen LogP contribution >= 0.6 is 11.8 Å². The highest BCUT2D eigenvalue weighted by Gasteiger charge is 2.41. The molecule has 0 spiro atoms. The molecule has 1 amide bonds. The van der Waals surface area contributed by atoms with Crippen LogP contribution in [0.4, 0.5) is 25.0 Å². The lowest BCUT2D eigenvalue weighted by atomic mass is 9.78. The van der Waals surface area contributed by atoms with E-state index in [2.05, 4.69) is 14.9 Å². The van der Waals surface area contributed by atoms with Crippen molar-refractivity contribution in [3.8, 4) is 5.75 Å². The lowest BCUT2D eigenvalue weighted by Gasteiger charge is -2.45. The van der Waals surface area contributed by atoms with Crippen LogP contribution in [0.15, 0.2) is 35.1 Å². The molecule has 0 unspecified atom stereocenters. The van der Waals surface area contributed by atoms with Crippen molar-refractivity contribution in [2.45, 2.75) is 81.9 Å². The maximum atomic E-state index is 15.0. The second-order valence-corrected chi connectivity index (χ2v) is 16.0. The van der Waals surface area contributed by atoms with Gasteiger partial charge in [-0.3, -0.25) is 19.8 Å². The molecule has 3 aliphatic rings. The molecule has 12 nitrogen and oxygen atoms in total. The van der Waals surface area contributed by atoms with Gasteiger partial charge >= 0.3 is 6.09 Å². The van der Waals surface area contributed by atoms with Gasteiger partial charge < -0.3 is 24.1 Å². The van der Waals surface area contributed by atoms with E-state index in [1.807, 2.05) is 0 Å². The van der Waals surface area contributed by atoms with Crippen molar-refractivity contribution >= 4 is 40.1 Å². The summed E-state index contributed by atoms with van der Waals surface area (Å²) in [6, 6.07) is 5.89. The Balaban J connectivity index is 0.994. The van der Waals surface area contributed by atoms with Gasteiger partial charge in [-0.2, -0.15) is 11.8 Å². The number of halogens is 2. The lowest BCUT2D eigenvalue weighted by Crippen LogP contribution is -2.52. The van der Waals surface area contributed by atoms with Gasteiger partial charge in [-0.1, -0.05) is 0 Å². The van der Waals surface area contributed by atoms with Crippen molar-refractivity contribution in [2.24, 2.45) is 11.8 Å². The zero-order chi connectivity index (χ0) is 36.3. The number of nitro groups is 1. The average Bonchev–Trinajstić information content (AvgIpc) is 3.05. The van der Waals surface area contributed by atoms with Crippen LogP contribution in [0.2, 0.25) is 0 Å². The molecule has 3 fully saturated rings. The van der Waals surface area contributed by atoms with Gasteiger partial charge in [-0.25, -0.2) is 18.6 Å². The maximum Gasteiger partial charge on any atom is 0.415 e. The van der Waals surface area contributed by atoms with E-state index >= 15 is 8.78 Å². The molecule has 1 aromatic heterocycles. The molecule has 1 aliphatic carbocycles. The molecule has 3 aromatic rings. The second-order valence-electron chi connectivity index (χ2n) is 14.7. The molecule has 0 bridgehead atoms. The number of ether oxygens (including phenoxy) is 3. The molecule has 2 aromatic carbocycles. The number of nitrogens with zero attached hydrogens (tertiary/aromatic N) is 4. The number of fused-ring (bicyclic) bond motifs is 1.